The Morgan fingerprint density at radius 1 is 1.00 bits per heavy atom. The minimum Gasteiger partial charge on any atom is -0.363 e. The van der Waals surface area contributed by atoms with Crippen LogP contribution in [0.15, 0.2) is 48.5 Å². The normalized spacial score (nSPS) is 25.0. The number of Topliss-reactive ketones (excluding diaryl/α,β-unsaturated/α-hetero) is 1. The first-order valence-electron chi connectivity index (χ1n) is 7.96. The van der Waals surface area contributed by atoms with E-state index in [0.717, 1.165) is 0 Å². The highest BCUT2D eigenvalue weighted by Crippen LogP contribution is 2.44. The molecule has 10 heteroatoms. The Kier molecular flexibility index (Phi) is 5.31. The van der Waals surface area contributed by atoms with Gasteiger partial charge in [-0.25, -0.2) is 4.79 Å². The summed E-state index contributed by atoms with van der Waals surface area (Å²) >= 11 is 11.6. The second kappa shape index (κ2) is 7.27. The third-order valence-corrected chi connectivity index (χ3v) is 4.95. The molecule has 28 heavy (non-hydrogen) atoms. The molecule has 3 N–H and O–H groups in total. The number of benzene rings is 2. The number of nitrogens with one attached hydrogen (secondary N) is 2. The smallest absolute Gasteiger partial charge is 0.363 e. The van der Waals surface area contributed by atoms with Crippen LogP contribution in [0.2, 0.25) is 10.0 Å². The Morgan fingerprint density at radius 2 is 1.50 bits per heavy atom. The molecular formula is C18H13Cl2F3N2O3. The molecule has 0 aliphatic carbocycles. The Morgan fingerprint density at radius 3 is 2.00 bits per heavy atom. The van der Waals surface area contributed by atoms with Crippen LogP contribution in [0.4, 0.5) is 18.0 Å². The van der Waals surface area contributed by atoms with Crippen molar-refractivity contribution in [1.29, 1.82) is 0 Å². The molecule has 2 amide bonds. The average Bonchev–Trinajstić information content (AvgIpc) is 2.61. The molecule has 5 nitrogen and oxygen atoms in total. The van der Waals surface area contributed by atoms with Gasteiger partial charge in [-0.1, -0.05) is 35.3 Å². The van der Waals surface area contributed by atoms with Gasteiger partial charge in [-0.2, -0.15) is 13.2 Å². The van der Waals surface area contributed by atoms with Gasteiger partial charge >= 0.3 is 12.2 Å². The lowest BCUT2D eigenvalue weighted by Crippen LogP contribution is -2.72. The SMILES string of the molecule is O=C1N[C@H](c2ccc(Cl)cc2)[C@@H](C(=O)c2ccc(Cl)cc2)[C@@](O)(C(F)(F)F)N1. The van der Waals surface area contributed by atoms with Crippen molar-refractivity contribution in [2.45, 2.75) is 17.9 Å². The summed E-state index contributed by atoms with van der Waals surface area (Å²) in [4.78, 5) is 24.9. The molecule has 2 aromatic rings. The highest BCUT2D eigenvalue weighted by atomic mass is 35.5. The molecule has 1 heterocycles. The van der Waals surface area contributed by atoms with E-state index in [1.54, 1.807) is 0 Å². The molecule has 1 aliphatic heterocycles. The van der Waals surface area contributed by atoms with Crippen molar-refractivity contribution in [3.63, 3.8) is 0 Å². The van der Waals surface area contributed by atoms with Gasteiger partial charge in [0.2, 0.25) is 5.72 Å². The Hall–Kier alpha value is -2.29. The lowest BCUT2D eigenvalue weighted by Gasteiger charge is -2.45. The standard InChI is InChI=1S/C18H13Cl2F3N2O3/c19-11-5-1-9(2-6-11)14-13(15(26)10-3-7-12(20)8-4-10)17(28,18(21,22)23)25-16(27)24-14/h1-8,13-14,28H,(H2,24,25,27)/t13-,14+,17+/m0/s1. The van der Waals surface area contributed by atoms with E-state index >= 15 is 0 Å². The number of carbonyl (C=O) groups is 2. The van der Waals surface area contributed by atoms with E-state index < -0.39 is 35.7 Å². The maximum atomic E-state index is 13.8. The summed E-state index contributed by atoms with van der Waals surface area (Å²) in [6.07, 6.45) is -5.32. The predicted octanol–water partition coefficient (Wildman–Crippen LogP) is 4.10. The molecular weight excluding hydrogens is 420 g/mol. The third kappa shape index (κ3) is 3.67. The minimum atomic E-state index is -5.32. The summed E-state index contributed by atoms with van der Waals surface area (Å²) in [5.41, 5.74) is -3.71. The van der Waals surface area contributed by atoms with Gasteiger partial charge < -0.3 is 15.7 Å². The molecule has 2 aromatic carbocycles. The topological polar surface area (TPSA) is 78.4 Å². The van der Waals surface area contributed by atoms with Crippen LogP contribution in [0.25, 0.3) is 0 Å². The molecule has 3 atom stereocenters. The minimum absolute atomic E-state index is 0.103. The zero-order valence-corrected chi connectivity index (χ0v) is 15.4. The van der Waals surface area contributed by atoms with Crippen molar-refractivity contribution in [2.75, 3.05) is 0 Å². The van der Waals surface area contributed by atoms with Crippen LogP contribution in [0.5, 0.6) is 0 Å². The molecule has 0 bridgehead atoms. The number of aliphatic hydroxyl groups is 1. The molecule has 0 saturated carbocycles. The van der Waals surface area contributed by atoms with Gasteiger partial charge in [-0.3, -0.25) is 4.79 Å². The number of ketones is 1. The number of carbonyl (C=O) groups excluding carboxylic acids is 2. The zero-order chi connectivity index (χ0) is 20.7. The maximum Gasteiger partial charge on any atom is 0.437 e. The van der Waals surface area contributed by atoms with E-state index in [2.05, 4.69) is 5.32 Å². The van der Waals surface area contributed by atoms with Gasteiger partial charge in [0.25, 0.3) is 0 Å². The van der Waals surface area contributed by atoms with Crippen LogP contribution >= 0.6 is 23.2 Å². The van der Waals surface area contributed by atoms with Gasteiger partial charge in [0.15, 0.2) is 5.78 Å². The van der Waals surface area contributed by atoms with E-state index in [0.29, 0.717) is 5.02 Å². The molecule has 0 spiro atoms. The molecule has 1 fully saturated rings. The Bertz CT molecular complexity index is 904. The van der Waals surface area contributed by atoms with Crippen molar-refractivity contribution >= 4 is 35.0 Å². The second-order valence-corrected chi connectivity index (χ2v) is 7.11. The average molecular weight is 433 g/mol. The van der Waals surface area contributed by atoms with Gasteiger partial charge in [-0.15, -0.1) is 0 Å². The fourth-order valence-corrected chi connectivity index (χ4v) is 3.33. The Balaban J connectivity index is 2.15. The van der Waals surface area contributed by atoms with E-state index in [4.69, 9.17) is 23.2 Å². The summed E-state index contributed by atoms with van der Waals surface area (Å²) in [6.45, 7) is 0. The van der Waals surface area contributed by atoms with E-state index in [1.165, 1.54) is 53.8 Å². The largest absolute Gasteiger partial charge is 0.437 e. The predicted molar refractivity (Wildman–Crippen MR) is 96.1 cm³/mol. The molecule has 0 aromatic heterocycles. The fourth-order valence-electron chi connectivity index (χ4n) is 3.08. The number of urea groups is 1. The van der Waals surface area contributed by atoms with Gasteiger partial charge in [0, 0.05) is 15.6 Å². The van der Waals surface area contributed by atoms with Crippen LogP contribution in [-0.4, -0.2) is 28.8 Å². The number of rotatable bonds is 3. The van der Waals surface area contributed by atoms with Crippen molar-refractivity contribution in [1.82, 2.24) is 10.6 Å². The number of amides is 2. The molecule has 3 rings (SSSR count). The number of halogens is 5. The lowest BCUT2D eigenvalue weighted by atomic mass is 9.77. The Labute approximate surface area is 167 Å². The molecule has 0 unspecified atom stereocenters. The van der Waals surface area contributed by atoms with Crippen LogP contribution in [0.1, 0.15) is 22.0 Å². The first-order chi connectivity index (χ1) is 13.0. The summed E-state index contributed by atoms with van der Waals surface area (Å²) < 4.78 is 41.3. The zero-order valence-electron chi connectivity index (χ0n) is 13.9. The summed E-state index contributed by atoms with van der Waals surface area (Å²) in [6, 6.07) is 8.01. The van der Waals surface area contributed by atoms with Gasteiger partial charge in [-0.05, 0) is 42.0 Å². The quantitative estimate of drug-likeness (QED) is 0.638. The van der Waals surface area contributed by atoms with Crippen LogP contribution in [-0.2, 0) is 0 Å². The van der Waals surface area contributed by atoms with Crippen molar-refractivity contribution < 1.29 is 27.9 Å². The third-order valence-electron chi connectivity index (χ3n) is 4.45. The van der Waals surface area contributed by atoms with Crippen molar-refractivity contribution in [2.24, 2.45) is 5.92 Å². The highest BCUT2D eigenvalue weighted by molar-refractivity contribution is 6.30. The summed E-state index contributed by atoms with van der Waals surface area (Å²) in [5.74, 6) is -3.13. The van der Waals surface area contributed by atoms with E-state index in [9.17, 15) is 27.9 Å². The fraction of sp³-hybridized carbons (Fsp3) is 0.222. The molecule has 1 saturated heterocycles. The molecule has 148 valence electrons. The van der Waals surface area contributed by atoms with Crippen LogP contribution in [0.3, 0.4) is 0 Å². The number of hydrogen-bond donors (Lipinski definition) is 3. The number of alkyl halides is 3. The second-order valence-electron chi connectivity index (χ2n) is 6.24. The van der Waals surface area contributed by atoms with Gasteiger partial charge in [0.05, 0.1) is 6.04 Å². The van der Waals surface area contributed by atoms with Crippen molar-refractivity contribution in [3.8, 4) is 0 Å². The van der Waals surface area contributed by atoms with E-state index in [-0.39, 0.29) is 16.1 Å². The first kappa shape index (κ1) is 20.4. The maximum absolute atomic E-state index is 13.8. The number of hydrogen-bond acceptors (Lipinski definition) is 3. The van der Waals surface area contributed by atoms with Crippen LogP contribution in [0, 0.1) is 5.92 Å². The first-order valence-corrected chi connectivity index (χ1v) is 8.71. The lowest BCUT2D eigenvalue weighted by molar-refractivity contribution is -0.287. The molecule has 1 aliphatic rings. The molecule has 0 radical (unpaired) electrons. The van der Waals surface area contributed by atoms with E-state index in [1.807, 2.05) is 0 Å². The monoisotopic (exact) mass is 432 g/mol. The van der Waals surface area contributed by atoms with Crippen molar-refractivity contribution in [3.05, 3.63) is 69.7 Å². The summed E-state index contributed by atoms with van der Waals surface area (Å²) in [7, 11) is 0. The summed E-state index contributed by atoms with van der Waals surface area (Å²) in [5, 5.41) is 14.8. The van der Waals surface area contributed by atoms with Crippen LogP contribution < -0.4 is 10.6 Å². The highest BCUT2D eigenvalue weighted by Gasteiger charge is 2.66. The van der Waals surface area contributed by atoms with Gasteiger partial charge in [0.1, 0.15) is 5.92 Å².